The molecule has 1 aromatic heterocycles. The number of hydrogen-bond donors (Lipinski definition) is 1. The lowest BCUT2D eigenvalue weighted by Gasteiger charge is -2.05. The van der Waals surface area contributed by atoms with Gasteiger partial charge >= 0.3 is 5.97 Å². The van der Waals surface area contributed by atoms with E-state index >= 15 is 0 Å². The van der Waals surface area contributed by atoms with Crippen LogP contribution in [0, 0.1) is 6.92 Å². The molecule has 0 aliphatic heterocycles. The van der Waals surface area contributed by atoms with Crippen LogP contribution >= 0.6 is 11.8 Å². The maximum atomic E-state index is 11.4. The SMILES string of the molecule is CCOC(=O)c1cnc(SCCO)nc1C. The molecule has 0 amide bonds. The minimum absolute atomic E-state index is 0.0761. The van der Waals surface area contributed by atoms with Gasteiger partial charge in [0.15, 0.2) is 5.16 Å². The van der Waals surface area contributed by atoms with Crippen molar-refractivity contribution < 1.29 is 14.6 Å². The van der Waals surface area contributed by atoms with E-state index < -0.39 is 5.97 Å². The Hall–Kier alpha value is -1.14. The highest BCUT2D eigenvalue weighted by Crippen LogP contribution is 2.14. The van der Waals surface area contributed by atoms with E-state index in [9.17, 15) is 4.79 Å². The number of aliphatic hydroxyl groups is 1. The molecule has 1 heterocycles. The number of rotatable bonds is 5. The first kappa shape index (κ1) is 12.9. The second-order valence-corrected chi connectivity index (χ2v) is 4.01. The van der Waals surface area contributed by atoms with Crippen LogP contribution in [0.2, 0.25) is 0 Å². The largest absolute Gasteiger partial charge is 0.462 e. The molecule has 0 aliphatic rings. The minimum Gasteiger partial charge on any atom is -0.462 e. The summed E-state index contributed by atoms with van der Waals surface area (Å²) in [5.41, 5.74) is 0.976. The van der Waals surface area contributed by atoms with E-state index in [1.54, 1.807) is 13.8 Å². The highest BCUT2D eigenvalue weighted by Gasteiger charge is 2.12. The molecular formula is C10H14N2O3S. The number of esters is 1. The third-order valence-electron chi connectivity index (χ3n) is 1.78. The molecule has 1 rings (SSSR count). The van der Waals surface area contributed by atoms with E-state index in [0.29, 0.717) is 28.8 Å². The molecule has 0 spiro atoms. The van der Waals surface area contributed by atoms with Crippen LogP contribution in [-0.2, 0) is 4.74 Å². The standard InChI is InChI=1S/C10H14N2O3S/c1-3-15-9(14)8-6-11-10(12-7(8)2)16-5-4-13/h6,13H,3-5H2,1-2H3. The van der Waals surface area contributed by atoms with Gasteiger partial charge in [-0.2, -0.15) is 0 Å². The fraction of sp³-hybridized carbons (Fsp3) is 0.500. The topological polar surface area (TPSA) is 72.3 Å². The van der Waals surface area contributed by atoms with Crippen molar-refractivity contribution in [2.45, 2.75) is 19.0 Å². The van der Waals surface area contributed by atoms with Gasteiger partial charge in [-0.15, -0.1) is 0 Å². The second kappa shape index (κ2) is 6.44. The summed E-state index contributed by atoms with van der Waals surface area (Å²) in [6.45, 7) is 3.89. The Morgan fingerprint density at radius 1 is 1.62 bits per heavy atom. The van der Waals surface area contributed by atoms with E-state index in [1.807, 2.05) is 0 Å². The van der Waals surface area contributed by atoms with Gasteiger partial charge in [0.1, 0.15) is 0 Å². The third kappa shape index (κ3) is 3.46. The number of carbonyl (C=O) groups excluding carboxylic acids is 1. The fourth-order valence-electron chi connectivity index (χ4n) is 1.06. The molecule has 1 N–H and O–H groups in total. The summed E-state index contributed by atoms with van der Waals surface area (Å²) in [4.78, 5) is 19.6. The van der Waals surface area contributed by atoms with Crippen LogP contribution in [0.1, 0.15) is 23.0 Å². The van der Waals surface area contributed by atoms with Crippen LogP contribution in [0.15, 0.2) is 11.4 Å². The van der Waals surface area contributed by atoms with Crippen LogP contribution in [0.5, 0.6) is 0 Å². The lowest BCUT2D eigenvalue weighted by atomic mass is 10.2. The van der Waals surface area contributed by atoms with E-state index in [0.717, 1.165) is 0 Å². The van der Waals surface area contributed by atoms with Gasteiger partial charge in [-0.05, 0) is 13.8 Å². The van der Waals surface area contributed by atoms with Crippen LogP contribution in [0.25, 0.3) is 0 Å². The number of nitrogens with zero attached hydrogens (tertiary/aromatic N) is 2. The van der Waals surface area contributed by atoms with Crippen molar-refractivity contribution in [3.8, 4) is 0 Å². The zero-order valence-electron chi connectivity index (χ0n) is 9.27. The molecule has 6 heteroatoms. The van der Waals surface area contributed by atoms with Crippen LogP contribution in [0.3, 0.4) is 0 Å². The van der Waals surface area contributed by atoms with E-state index in [4.69, 9.17) is 9.84 Å². The molecule has 0 saturated heterocycles. The molecule has 0 bridgehead atoms. The number of aryl methyl sites for hydroxylation is 1. The maximum Gasteiger partial charge on any atom is 0.341 e. The molecule has 88 valence electrons. The molecular weight excluding hydrogens is 228 g/mol. The summed E-state index contributed by atoms with van der Waals surface area (Å²) in [7, 11) is 0. The number of ether oxygens (including phenoxy) is 1. The van der Waals surface area contributed by atoms with Gasteiger partial charge in [0.25, 0.3) is 0 Å². The lowest BCUT2D eigenvalue weighted by molar-refractivity contribution is 0.0524. The molecule has 0 aliphatic carbocycles. The summed E-state index contributed by atoms with van der Waals surface area (Å²) in [6, 6.07) is 0. The molecule has 0 saturated carbocycles. The van der Waals surface area contributed by atoms with Crippen molar-refractivity contribution >= 4 is 17.7 Å². The molecule has 0 unspecified atom stereocenters. The summed E-state index contributed by atoms with van der Waals surface area (Å²) in [5.74, 6) is 0.136. The van der Waals surface area contributed by atoms with Crippen molar-refractivity contribution in [2.75, 3.05) is 19.0 Å². The first-order valence-electron chi connectivity index (χ1n) is 4.93. The van der Waals surface area contributed by atoms with Gasteiger partial charge in [0.2, 0.25) is 0 Å². The summed E-state index contributed by atoms with van der Waals surface area (Å²) in [5, 5.41) is 9.21. The Kier molecular flexibility index (Phi) is 5.21. The quantitative estimate of drug-likeness (QED) is 0.472. The number of carbonyl (C=O) groups is 1. The van der Waals surface area contributed by atoms with Gasteiger partial charge in [0.05, 0.1) is 24.5 Å². The molecule has 0 radical (unpaired) electrons. The molecule has 1 aromatic rings. The first-order chi connectivity index (χ1) is 7.69. The summed E-state index contributed by atoms with van der Waals surface area (Å²) >= 11 is 1.34. The van der Waals surface area contributed by atoms with Crippen molar-refractivity contribution in [3.63, 3.8) is 0 Å². The van der Waals surface area contributed by atoms with E-state index in [-0.39, 0.29) is 6.61 Å². The van der Waals surface area contributed by atoms with Gasteiger partial charge < -0.3 is 9.84 Å². The Bertz CT molecular complexity index is 371. The zero-order chi connectivity index (χ0) is 12.0. The van der Waals surface area contributed by atoms with Crippen molar-refractivity contribution in [1.29, 1.82) is 0 Å². The molecule has 0 aromatic carbocycles. The number of aromatic nitrogens is 2. The minimum atomic E-state index is -0.404. The van der Waals surface area contributed by atoms with Gasteiger partial charge in [0, 0.05) is 11.9 Å². The van der Waals surface area contributed by atoms with Crippen LogP contribution < -0.4 is 0 Å². The second-order valence-electron chi connectivity index (χ2n) is 2.94. The molecule has 5 nitrogen and oxygen atoms in total. The monoisotopic (exact) mass is 242 g/mol. The average Bonchev–Trinajstić information content (AvgIpc) is 2.26. The van der Waals surface area contributed by atoms with Gasteiger partial charge in [-0.25, -0.2) is 14.8 Å². The molecule has 16 heavy (non-hydrogen) atoms. The number of thioether (sulfide) groups is 1. The predicted octanol–water partition coefficient (Wildman–Crippen LogP) is 1.05. The zero-order valence-corrected chi connectivity index (χ0v) is 10.1. The summed E-state index contributed by atoms with van der Waals surface area (Å²) in [6.07, 6.45) is 1.46. The lowest BCUT2D eigenvalue weighted by Crippen LogP contribution is -2.09. The highest BCUT2D eigenvalue weighted by atomic mass is 32.2. The normalized spacial score (nSPS) is 10.2. The van der Waals surface area contributed by atoms with Crippen LogP contribution in [-0.4, -0.2) is 40.0 Å². The first-order valence-corrected chi connectivity index (χ1v) is 5.92. The third-order valence-corrected chi connectivity index (χ3v) is 2.62. The van der Waals surface area contributed by atoms with E-state index in [1.165, 1.54) is 18.0 Å². The smallest absolute Gasteiger partial charge is 0.341 e. The van der Waals surface area contributed by atoms with Crippen LogP contribution in [0.4, 0.5) is 0 Å². The Balaban J connectivity index is 2.78. The highest BCUT2D eigenvalue weighted by molar-refractivity contribution is 7.99. The fourth-order valence-corrected chi connectivity index (χ4v) is 1.66. The molecule has 0 atom stereocenters. The van der Waals surface area contributed by atoms with Gasteiger partial charge in [-0.3, -0.25) is 0 Å². The molecule has 0 fully saturated rings. The van der Waals surface area contributed by atoms with E-state index in [2.05, 4.69) is 9.97 Å². The Morgan fingerprint density at radius 3 is 2.94 bits per heavy atom. The van der Waals surface area contributed by atoms with Gasteiger partial charge in [-0.1, -0.05) is 11.8 Å². The number of aliphatic hydroxyl groups excluding tert-OH is 1. The van der Waals surface area contributed by atoms with Crippen molar-refractivity contribution in [2.24, 2.45) is 0 Å². The number of hydrogen-bond acceptors (Lipinski definition) is 6. The average molecular weight is 242 g/mol. The van der Waals surface area contributed by atoms with Crippen molar-refractivity contribution in [3.05, 3.63) is 17.5 Å². The Labute approximate surface area is 98.3 Å². The predicted molar refractivity (Wildman–Crippen MR) is 60.5 cm³/mol. The maximum absolute atomic E-state index is 11.4. The summed E-state index contributed by atoms with van der Waals surface area (Å²) < 4.78 is 4.86. The Morgan fingerprint density at radius 2 is 2.38 bits per heavy atom. The van der Waals surface area contributed by atoms with Crippen molar-refractivity contribution in [1.82, 2.24) is 9.97 Å².